The van der Waals surface area contributed by atoms with Crippen LogP contribution in [0.2, 0.25) is 5.02 Å². The first-order valence-electron chi connectivity index (χ1n) is 9.25. The third-order valence-corrected chi connectivity index (χ3v) is 5.74. The number of methoxy groups -OCH3 is 2. The molecule has 1 aliphatic rings. The smallest absolute Gasteiger partial charge is 0.379 e. The van der Waals surface area contributed by atoms with Crippen LogP contribution in [-0.2, 0) is 17.6 Å². The van der Waals surface area contributed by atoms with Crippen LogP contribution in [0.25, 0.3) is 0 Å². The Morgan fingerprint density at radius 3 is 2.83 bits per heavy atom. The normalized spacial score (nSPS) is 13.9. The molecule has 0 saturated heterocycles. The largest absolute Gasteiger partial charge is 0.496 e. The second-order valence-electron chi connectivity index (χ2n) is 6.56. The number of nitriles is 1. The second kappa shape index (κ2) is 9.96. The lowest BCUT2D eigenvalue weighted by molar-refractivity contribution is 0.0205. The summed E-state index contributed by atoms with van der Waals surface area (Å²) in [5.74, 6) is 1.63. The predicted molar refractivity (Wildman–Crippen MR) is 120 cm³/mol. The lowest BCUT2D eigenvalue weighted by atomic mass is 9.98. The Morgan fingerprint density at radius 2 is 2.10 bits per heavy atom. The van der Waals surface area contributed by atoms with Crippen LogP contribution in [-0.4, -0.2) is 43.9 Å². The quantitative estimate of drug-likeness (QED) is 0.542. The summed E-state index contributed by atoms with van der Waals surface area (Å²) >= 11 is 10.1. The summed E-state index contributed by atoms with van der Waals surface area (Å²) in [6.45, 7) is 0.598. The van der Waals surface area contributed by atoms with Gasteiger partial charge in [-0.1, -0.05) is 33.6 Å². The Kier molecular flexibility index (Phi) is 7.35. The molecular weight excluding hydrogens is 454 g/mol. The monoisotopic (exact) mass is 474 g/mol. The Balaban J connectivity index is 1.91. The van der Waals surface area contributed by atoms with Gasteiger partial charge in [0.15, 0.2) is 6.54 Å². The zero-order valence-corrected chi connectivity index (χ0v) is 18.7. The number of aryl methyl sites for hydroxylation is 1. The summed E-state index contributed by atoms with van der Waals surface area (Å²) in [6.07, 6.45) is 3.23. The van der Waals surface area contributed by atoms with Gasteiger partial charge in [0.05, 0.1) is 18.7 Å². The molecule has 3 rings (SSSR count). The number of nitrogens with zero attached hydrogens (tertiary/aromatic N) is 3. The molecule has 1 atom stereocenters. The molecule has 2 aromatic rings. The Hall–Kier alpha value is -2.29. The first-order chi connectivity index (χ1) is 14.1. The van der Waals surface area contributed by atoms with Crippen molar-refractivity contribution in [2.24, 2.45) is 0 Å². The van der Waals surface area contributed by atoms with Gasteiger partial charge >= 0.3 is 5.84 Å². The third kappa shape index (κ3) is 4.83. The summed E-state index contributed by atoms with van der Waals surface area (Å²) in [7, 11) is 3.28. The SMILES string of the molecule is COc1ccc(Br)cc1CCc1c(Cl)cccc1C1=[N+]=CCN1C(CC#N)OC. The molecule has 0 spiro atoms. The first kappa shape index (κ1) is 21.4. The van der Waals surface area contributed by atoms with E-state index >= 15 is 0 Å². The lowest BCUT2D eigenvalue weighted by Crippen LogP contribution is -2.41. The van der Waals surface area contributed by atoms with E-state index in [4.69, 9.17) is 26.3 Å². The molecule has 1 heterocycles. The van der Waals surface area contributed by atoms with Crippen molar-refractivity contribution in [2.75, 3.05) is 20.8 Å². The summed E-state index contributed by atoms with van der Waals surface area (Å²) in [6, 6.07) is 14.0. The van der Waals surface area contributed by atoms with Gasteiger partial charge in [0.25, 0.3) is 0 Å². The van der Waals surface area contributed by atoms with Crippen LogP contribution in [0.3, 0.4) is 0 Å². The molecule has 0 saturated carbocycles. The van der Waals surface area contributed by atoms with Gasteiger partial charge < -0.3 is 9.47 Å². The predicted octanol–water partition coefficient (Wildman–Crippen LogP) is 3.98. The highest BCUT2D eigenvalue weighted by Gasteiger charge is 2.36. The zero-order chi connectivity index (χ0) is 20.8. The molecule has 0 fully saturated rings. The van der Waals surface area contributed by atoms with E-state index < -0.39 is 0 Å². The second-order valence-corrected chi connectivity index (χ2v) is 7.89. The van der Waals surface area contributed by atoms with Crippen molar-refractivity contribution in [1.29, 1.82) is 5.26 Å². The average Bonchev–Trinajstić information content (AvgIpc) is 3.20. The van der Waals surface area contributed by atoms with Crippen LogP contribution in [0.4, 0.5) is 0 Å². The Labute approximate surface area is 184 Å². The van der Waals surface area contributed by atoms with Crippen molar-refractivity contribution in [3.8, 4) is 11.8 Å². The van der Waals surface area contributed by atoms with E-state index in [1.54, 1.807) is 14.2 Å². The maximum absolute atomic E-state index is 9.12. The van der Waals surface area contributed by atoms with Gasteiger partial charge in [-0.25, -0.2) is 9.57 Å². The van der Waals surface area contributed by atoms with Gasteiger partial charge in [0, 0.05) is 16.6 Å². The molecule has 7 heteroatoms. The topological polar surface area (TPSA) is 59.6 Å². The van der Waals surface area contributed by atoms with E-state index in [1.807, 2.05) is 41.4 Å². The molecule has 5 nitrogen and oxygen atoms in total. The van der Waals surface area contributed by atoms with E-state index in [0.29, 0.717) is 11.6 Å². The molecule has 29 heavy (non-hydrogen) atoms. The fraction of sp³-hybridized carbons (Fsp3) is 0.318. The van der Waals surface area contributed by atoms with E-state index in [1.165, 1.54) is 0 Å². The van der Waals surface area contributed by atoms with Crippen molar-refractivity contribution < 1.29 is 9.47 Å². The minimum absolute atomic E-state index is 0.258. The van der Waals surface area contributed by atoms with Gasteiger partial charge in [0.2, 0.25) is 12.4 Å². The van der Waals surface area contributed by atoms with Crippen molar-refractivity contribution in [3.05, 3.63) is 62.6 Å². The molecule has 1 unspecified atom stereocenters. The number of amidine groups is 1. The standard InChI is InChI=1S/C22H22BrClN3O2/c1-28-20-9-7-16(23)14-15(20)6-8-17-18(4-3-5-19(17)24)22-26-12-13-27(22)21(29-2)10-11-25/h3-5,7,9,12,14,21H,6,8,10,13H2,1-2H3/q+1. The molecule has 0 amide bonds. The first-order valence-corrected chi connectivity index (χ1v) is 10.4. The fourth-order valence-electron chi connectivity index (χ4n) is 3.48. The van der Waals surface area contributed by atoms with E-state index in [9.17, 15) is 0 Å². The van der Waals surface area contributed by atoms with E-state index in [0.717, 1.165) is 45.6 Å². The minimum atomic E-state index is -0.352. The molecular formula is C22H22BrClN3O2+. The molecule has 2 aromatic carbocycles. The number of halogens is 2. The molecule has 0 aliphatic carbocycles. The highest BCUT2D eigenvalue weighted by atomic mass is 79.9. The lowest BCUT2D eigenvalue weighted by Gasteiger charge is -2.20. The molecule has 150 valence electrons. The Morgan fingerprint density at radius 1 is 1.28 bits per heavy atom. The van der Waals surface area contributed by atoms with Gasteiger partial charge in [-0.2, -0.15) is 5.26 Å². The number of hydrogen-bond donors (Lipinski definition) is 0. The van der Waals surface area contributed by atoms with Crippen LogP contribution in [0.1, 0.15) is 23.1 Å². The van der Waals surface area contributed by atoms with Gasteiger partial charge in [0.1, 0.15) is 12.2 Å². The molecule has 1 aliphatic heterocycles. The summed E-state index contributed by atoms with van der Waals surface area (Å²) in [5, 5.41) is 9.82. The molecule has 0 radical (unpaired) electrons. The van der Waals surface area contributed by atoms with Crippen molar-refractivity contribution in [3.63, 3.8) is 0 Å². The highest BCUT2D eigenvalue weighted by molar-refractivity contribution is 9.10. The molecule has 0 bridgehead atoms. The maximum Gasteiger partial charge on any atom is 0.379 e. The van der Waals surface area contributed by atoms with Crippen LogP contribution in [0, 0.1) is 11.3 Å². The van der Waals surface area contributed by atoms with Gasteiger partial charge in [-0.15, -0.1) is 0 Å². The number of ether oxygens (including phenoxy) is 2. The van der Waals surface area contributed by atoms with E-state index in [-0.39, 0.29) is 12.6 Å². The maximum atomic E-state index is 9.12. The minimum Gasteiger partial charge on any atom is -0.496 e. The molecule has 0 N–H and O–H groups in total. The Bertz CT molecular complexity index is 996. The summed E-state index contributed by atoms with van der Waals surface area (Å²) in [5.41, 5.74) is 3.08. The van der Waals surface area contributed by atoms with Crippen molar-refractivity contribution in [1.82, 2.24) is 9.57 Å². The van der Waals surface area contributed by atoms with Crippen LogP contribution in [0.5, 0.6) is 5.75 Å². The summed E-state index contributed by atoms with van der Waals surface area (Å²) in [4.78, 5) is 2.00. The number of benzene rings is 2. The fourth-order valence-corrected chi connectivity index (χ4v) is 4.15. The molecule has 0 aromatic heterocycles. The van der Waals surface area contributed by atoms with Crippen molar-refractivity contribution in [2.45, 2.75) is 25.5 Å². The summed E-state index contributed by atoms with van der Waals surface area (Å²) < 4.78 is 16.6. The van der Waals surface area contributed by atoms with Crippen LogP contribution >= 0.6 is 27.5 Å². The number of rotatable bonds is 8. The van der Waals surface area contributed by atoms with Crippen LogP contribution in [0.15, 0.2) is 40.9 Å². The van der Waals surface area contributed by atoms with Gasteiger partial charge in [-0.3, -0.25) is 0 Å². The van der Waals surface area contributed by atoms with E-state index in [2.05, 4.69) is 32.7 Å². The highest BCUT2D eigenvalue weighted by Crippen LogP contribution is 2.28. The number of hydrogen-bond acceptors (Lipinski definition) is 4. The zero-order valence-electron chi connectivity index (χ0n) is 16.4. The van der Waals surface area contributed by atoms with Gasteiger partial charge in [-0.05, 0) is 54.3 Å². The van der Waals surface area contributed by atoms with Crippen molar-refractivity contribution >= 4 is 39.6 Å². The van der Waals surface area contributed by atoms with Crippen LogP contribution < -0.4 is 9.40 Å². The third-order valence-electron chi connectivity index (χ3n) is 4.90. The average molecular weight is 476 g/mol.